The largest absolute Gasteiger partial charge is 0.379 e. The molecule has 0 saturated carbocycles. The first-order valence-electron chi connectivity index (χ1n) is 8.29. The van der Waals surface area contributed by atoms with Crippen LogP contribution in [0.5, 0.6) is 0 Å². The van der Waals surface area contributed by atoms with Crippen LogP contribution in [0.15, 0.2) is 23.1 Å². The molecule has 0 spiro atoms. The highest BCUT2D eigenvalue weighted by molar-refractivity contribution is 7.90. The van der Waals surface area contributed by atoms with E-state index in [-0.39, 0.29) is 27.4 Å². The summed E-state index contributed by atoms with van der Waals surface area (Å²) in [5.74, 6) is -0.00867. The minimum Gasteiger partial charge on any atom is -0.379 e. The normalized spacial score (nSPS) is 17.5. The second-order valence-corrected chi connectivity index (χ2v) is 9.01. The number of benzene rings is 1. The van der Waals surface area contributed by atoms with E-state index in [1.165, 1.54) is 18.2 Å². The number of amides is 1. The molecule has 8 heteroatoms. The number of rotatable bonds is 6. The maximum absolute atomic E-state index is 12.5. The topological polar surface area (TPSA) is 75.7 Å². The van der Waals surface area contributed by atoms with Crippen molar-refractivity contribution >= 4 is 27.3 Å². The fourth-order valence-electron chi connectivity index (χ4n) is 2.90. The zero-order valence-electron chi connectivity index (χ0n) is 14.8. The summed E-state index contributed by atoms with van der Waals surface area (Å²) in [6.07, 6.45) is 1.10. The van der Waals surface area contributed by atoms with E-state index in [1.807, 2.05) is 0 Å². The Morgan fingerprint density at radius 1 is 1.32 bits per heavy atom. The first-order chi connectivity index (χ1) is 11.7. The molecule has 25 heavy (non-hydrogen) atoms. The number of carbonyl (C=O) groups is 1. The molecule has 140 valence electrons. The molecular formula is C17H25ClN2O4S. The van der Waals surface area contributed by atoms with Crippen LogP contribution in [0.3, 0.4) is 0 Å². The van der Waals surface area contributed by atoms with E-state index >= 15 is 0 Å². The van der Waals surface area contributed by atoms with Gasteiger partial charge in [-0.15, -0.1) is 0 Å². The molecule has 6 nitrogen and oxygen atoms in total. The molecule has 1 heterocycles. The predicted octanol–water partition coefficient (Wildman–Crippen LogP) is 1.83. The summed E-state index contributed by atoms with van der Waals surface area (Å²) in [6.45, 7) is 7.76. The SMILES string of the molecule is CC(C)C(CNC(=O)c1cc(S(C)(=O)=O)ccc1Cl)N1CCOCC1. The van der Waals surface area contributed by atoms with Gasteiger partial charge in [0.05, 0.1) is 28.7 Å². The van der Waals surface area contributed by atoms with Crippen LogP contribution in [0.1, 0.15) is 24.2 Å². The van der Waals surface area contributed by atoms with Crippen molar-refractivity contribution in [1.82, 2.24) is 10.2 Å². The first kappa shape index (κ1) is 20.2. The summed E-state index contributed by atoms with van der Waals surface area (Å²) in [5, 5.41) is 3.13. The lowest BCUT2D eigenvalue weighted by Crippen LogP contribution is -2.51. The van der Waals surface area contributed by atoms with Crippen LogP contribution in [0.2, 0.25) is 5.02 Å². The highest BCUT2D eigenvalue weighted by Gasteiger charge is 2.25. The van der Waals surface area contributed by atoms with Crippen molar-refractivity contribution in [2.75, 3.05) is 39.1 Å². The summed E-state index contributed by atoms with van der Waals surface area (Å²) in [4.78, 5) is 14.9. The summed E-state index contributed by atoms with van der Waals surface area (Å²) in [6, 6.07) is 4.35. The number of nitrogens with one attached hydrogen (secondary N) is 1. The predicted molar refractivity (Wildman–Crippen MR) is 97.9 cm³/mol. The average Bonchev–Trinajstić information content (AvgIpc) is 2.54. The van der Waals surface area contributed by atoms with Gasteiger partial charge in [0.1, 0.15) is 0 Å². The van der Waals surface area contributed by atoms with Crippen molar-refractivity contribution < 1.29 is 17.9 Å². The van der Waals surface area contributed by atoms with Crippen molar-refractivity contribution in [3.8, 4) is 0 Å². The molecule has 1 N–H and O–H groups in total. The highest BCUT2D eigenvalue weighted by atomic mass is 35.5. The Bertz CT molecular complexity index is 715. The number of sulfone groups is 1. The maximum Gasteiger partial charge on any atom is 0.252 e. The van der Waals surface area contributed by atoms with Gasteiger partial charge in [0, 0.05) is 31.9 Å². The summed E-state index contributed by atoms with van der Waals surface area (Å²) in [5.41, 5.74) is 0.175. The fourth-order valence-corrected chi connectivity index (χ4v) is 3.75. The molecule has 1 aliphatic rings. The monoisotopic (exact) mass is 388 g/mol. The molecule has 1 fully saturated rings. The Hall–Kier alpha value is -1.15. The number of nitrogens with zero attached hydrogens (tertiary/aromatic N) is 1. The molecule has 1 amide bonds. The number of hydrogen-bond acceptors (Lipinski definition) is 5. The van der Waals surface area contributed by atoms with Crippen LogP contribution in [-0.2, 0) is 14.6 Å². The van der Waals surface area contributed by atoms with Crippen LogP contribution < -0.4 is 5.32 Å². The van der Waals surface area contributed by atoms with E-state index in [0.717, 1.165) is 19.3 Å². The lowest BCUT2D eigenvalue weighted by molar-refractivity contribution is 0.00673. The van der Waals surface area contributed by atoms with Crippen LogP contribution in [0.4, 0.5) is 0 Å². The molecule has 1 aromatic carbocycles. The average molecular weight is 389 g/mol. The molecule has 0 aliphatic carbocycles. The van der Waals surface area contributed by atoms with Crippen LogP contribution >= 0.6 is 11.6 Å². The Labute approximate surface area is 154 Å². The van der Waals surface area contributed by atoms with Gasteiger partial charge in [-0.1, -0.05) is 25.4 Å². The lowest BCUT2D eigenvalue weighted by atomic mass is 10.0. The molecule has 0 aromatic heterocycles. The molecule has 1 saturated heterocycles. The molecule has 0 radical (unpaired) electrons. The van der Waals surface area contributed by atoms with E-state index in [1.54, 1.807) is 0 Å². The third-order valence-corrected chi connectivity index (χ3v) is 5.81. The van der Waals surface area contributed by atoms with Gasteiger partial charge in [0.15, 0.2) is 9.84 Å². The molecule has 1 unspecified atom stereocenters. The zero-order chi connectivity index (χ0) is 18.6. The van der Waals surface area contributed by atoms with Crippen molar-refractivity contribution in [2.24, 2.45) is 5.92 Å². The molecule has 1 aromatic rings. The Kier molecular flexibility index (Phi) is 6.85. The first-order valence-corrected chi connectivity index (χ1v) is 10.6. The van der Waals surface area contributed by atoms with Crippen LogP contribution in [0.25, 0.3) is 0 Å². The van der Waals surface area contributed by atoms with Gasteiger partial charge < -0.3 is 10.1 Å². The summed E-state index contributed by atoms with van der Waals surface area (Å²) >= 11 is 6.09. The van der Waals surface area contributed by atoms with Gasteiger partial charge in [-0.25, -0.2) is 8.42 Å². The maximum atomic E-state index is 12.5. The van der Waals surface area contributed by atoms with Gasteiger partial charge in [0.25, 0.3) is 5.91 Å². The lowest BCUT2D eigenvalue weighted by Gasteiger charge is -2.36. The molecule has 2 rings (SSSR count). The minimum atomic E-state index is -3.40. The number of hydrogen-bond donors (Lipinski definition) is 1. The van der Waals surface area contributed by atoms with E-state index in [2.05, 4.69) is 24.1 Å². The van der Waals surface area contributed by atoms with Gasteiger partial charge in [-0.05, 0) is 24.1 Å². The highest BCUT2D eigenvalue weighted by Crippen LogP contribution is 2.21. The van der Waals surface area contributed by atoms with Gasteiger partial charge in [-0.3, -0.25) is 9.69 Å². The van der Waals surface area contributed by atoms with Crippen LogP contribution in [0, 0.1) is 5.92 Å². The quantitative estimate of drug-likeness (QED) is 0.804. The summed E-state index contributed by atoms with van der Waals surface area (Å²) < 4.78 is 28.8. The van der Waals surface area contributed by atoms with E-state index in [0.29, 0.717) is 25.7 Å². The Morgan fingerprint density at radius 2 is 1.96 bits per heavy atom. The number of ether oxygens (including phenoxy) is 1. The number of halogens is 1. The second-order valence-electron chi connectivity index (χ2n) is 6.58. The van der Waals surface area contributed by atoms with Crippen molar-refractivity contribution in [3.63, 3.8) is 0 Å². The van der Waals surface area contributed by atoms with Crippen molar-refractivity contribution in [3.05, 3.63) is 28.8 Å². The molecular weight excluding hydrogens is 364 g/mol. The second kappa shape index (κ2) is 8.49. The zero-order valence-corrected chi connectivity index (χ0v) is 16.4. The van der Waals surface area contributed by atoms with Gasteiger partial charge >= 0.3 is 0 Å². The number of morpholine rings is 1. The van der Waals surface area contributed by atoms with E-state index < -0.39 is 9.84 Å². The smallest absolute Gasteiger partial charge is 0.252 e. The van der Waals surface area contributed by atoms with Gasteiger partial charge in [-0.2, -0.15) is 0 Å². The van der Waals surface area contributed by atoms with E-state index in [9.17, 15) is 13.2 Å². The third-order valence-electron chi connectivity index (χ3n) is 4.37. The van der Waals surface area contributed by atoms with Crippen molar-refractivity contribution in [1.29, 1.82) is 0 Å². The van der Waals surface area contributed by atoms with E-state index in [4.69, 9.17) is 16.3 Å². The molecule has 0 bridgehead atoms. The van der Waals surface area contributed by atoms with Crippen molar-refractivity contribution in [2.45, 2.75) is 24.8 Å². The van der Waals surface area contributed by atoms with Gasteiger partial charge in [0.2, 0.25) is 0 Å². The third kappa shape index (κ3) is 5.41. The van der Waals surface area contributed by atoms with Crippen LogP contribution in [-0.4, -0.2) is 64.4 Å². The fraction of sp³-hybridized carbons (Fsp3) is 0.588. The Balaban J connectivity index is 2.10. The number of carbonyl (C=O) groups excluding carboxylic acids is 1. The molecule has 1 aliphatic heterocycles. The summed E-state index contributed by atoms with van der Waals surface area (Å²) in [7, 11) is -3.40. The minimum absolute atomic E-state index is 0.0793. The molecule has 1 atom stereocenters. The Morgan fingerprint density at radius 3 is 2.52 bits per heavy atom. The standard InChI is InChI=1S/C17H25ClN2O4S/c1-12(2)16(20-6-8-24-9-7-20)11-19-17(21)14-10-13(25(3,22)23)4-5-15(14)18/h4-5,10,12,16H,6-9,11H2,1-3H3,(H,19,21).